The molecule has 0 saturated heterocycles. The molecular formula is C15H20N2O4. The minimum absolute atomic E-state index is 0.279. The van der Waals surface area contributed by atoms with Gasteiger partial charge in [-0.3, -0.25) is 4.79 Å². The van der Waals surface area contributed by atoms with E-state index in [4.69, 9.17) is 4.74 Å². The summed E-state index contributed by atoms with van der Waals surface area (Å²) in [6.07, 6.45) is 2.11. The highest BCUT2D eigenvalue weighted by molar-refractivity contribution is 5.89. The van der Waals surface area contributed by atoms with Gasteiger partial charge in [0.1, 0.15) is 0 Å². The summed E-state index contributed by atoms with van der Waals surface area (Å²) in [6.45, 7) is 1.14. The van der Waals surface area contributed by atoms with E-state index < -0.39 is 11.4 Å². The molecule has 114 valence electrons. The first-order valence-corrected chi connectivity index (χ1v) is 6.96. The standard InChI is InChI=1S/C15H20N2O4/c1-21-10-2-9-16-14(20)17-12-5-3-11(4-6-12)15(7-8-15)13(18)19/h3-6H,2,7-10H2,1H3,(H,18,19)(H2,16,17,20). The average molecular weight is 292 g/mol. The fourth-order valence-electron chi connectivity index (χ4n) is 2.22. The van der Waals surface area contributed by atoms with Crippen molar-refractivity contribution in [3.8, 4) is 0 Å². The van der Waals surface area contributed by atoms with Crippen LogP contribution < -0.4 is 10.6 Å². The van der Waals surface area contributed by atoms with Gasteiger partial charge < -0.3 is 20.5 Å². The van der Waals surface area contributed by atoms with Gasteiger partial charge in [0.2, 0.25) is 0 Å². The maximum Gasteiger partial charge on any atom is 0.319 e. The van der Waals surface area contributed by atoms with Crippen LogP contribution in [-0.2, 0) is 14.9 Å². The molecule has 0 spiro atoms. The highest BCUT2D eigenvalue weighted by atomic mass is 16.5. The molecule has 0 unspecified atom stereocenters. The second-order valence-corrected chi connectivity index (χ2v) is 5.19. The molecule has 2 rings (SSSR count). The number of nitrogens with one attached hydrogen (secondary N) is 2. The molecule has 1 aromatic carbocycles. The van der Waals surface area contributed by atoms with E-state index in [2.05, 4.69) is 10.6 Å². The Hall–Kier alpha value is -2.08. The number of methoxy groups -OCH3 is 1. The van der Waals surface area contributed by atoms with Crippen LogP contribution >= 0.6 is 0 Å². The Labute approximate surface area is 123 Å². The smallest absolute Gasteiger partial charge is 0.319 e. The predicted molar refractivity (Wildman–Crippen MR) is 78.5 cm³/mol. The molecule has 0 radical (unpaired) electrons. The van der Waals surface area contributed by atoms with Crippen molar-refractivity contribution >= 4 is 17.7 Å². The third kappa shape index (κ3) is 3.72. The Morgan fingerprint density at radius 3 is 2.48 bits per heavy atom. The van der Waals surface area contributed by atoms with Gasteiger partial charge in [-0.05, 0) is 37.0 Å². The number of aliphatic carboxylic acids is 1. The van der Waals surface area contributed by atoms with E-state index in [0.29, 0.717) is 31.7 Å². The van der Waals surface area contributed by atoms with Crippen molar-refractivity contribution in [3.05, 3.63) is 29.8 Å². The largest absolute Gasteiger partial charge is 0.481 e. The van der Waals surface area contributed by atoms with Crippen LogP contribution in [0.25, 0.3) is 0 Å². The number of carboxylic acids is 1. The van der Waals surface area contributed by atoms with E-state index >= 15 is 0 Å². The van der Waals surface area contributed by atoms with Crippen LogP contribution in [0.3, 0.4) is 0 Å². The molecule has 2 amide bonds. The van der Waals surface area contributed by atoms with E-state index in [0.717, 1.165) is 12.0 Å². The zero-order valence-corrected chi connectivity index (χ0v) is 12.0. The van der Waals surface area contributed by atoms with Gasteiger partial charge in [0.25, 0.3) is 0 Å². The van der Waals surface area contributed by atoms with E-state index in [-0.39, 0.29) is 6.03 Å². The van der Waals surface area contributed by atoms with Crippen molar-refractivity contribution in [1.82, 2.24) is 5.32 Å². The van der Waals surface area contributed by atoms with E-state index in [1.807, 2.05) is 0 Å². The van der Waals surface area contributed by atoms with Crippen LogP contribution in [0.1, 0.15) is 24.8 Å². The first-order chi connectivity index (χ1) is 10.1. The zero-order chi connectivity index (χ0) is 15.3. The summed E-state index contributed by atoms with van der Waals surface area (Å²) in [5, 5.41) is 14.6. The Bertz CT molecular complexity index is 509. The van der Waals surface area contributed by atoms with Crippen LogP contribution in [0.15, 0.2) is 24.3 Å². The van der Waals surface area contributed by atoms with Gasteiger partial charge in [-0.1, -0.05) is 12.1 Å². The van der Waals surface area contributed by atoms with Gasteiger partial charge in [-0.2, -0.15) is 0 Å². The second-order valence-electron chi connectivity index (χ2n) is 5.19. The molecule has 1 saturated carbocycles. The molecule has 0 aromatic heterocycles. The lowest BCUT2D eigenvalue weighted by Gasteiger charge is -2.12. The van der Waals surface area contributed by atoms with E-state index in [1.54, 1.807) is 31.4 Å². The second kappa shape index (κ2) is 6.58. The van der Waals surface area contributed by atoms with Crippen LogP contribution in [-0.4, -0.2) is 37.4 Å². The summed E-state index contributed by atoms with van der Waals surface area (Å²) in [7, 11) is 1.62. The molecule has 1 aliphatic rings. The number of carbonyl (C=O) groups excluding carboxylic acids is 1. The molecule has 0 heterocycles. The van der Waals surface area contributed by atoms with Gasteiger partial charge in [-0.25, -0.2) is 4.79 Å². The summed E-state index contributed by atoms with van der Waals surface area (Å²) in [5.41, 5.74) is 0.728. The first-order valence-electron chi connectivity index (χ1n) is 6.96. The molecule has 1 fully saturated rings. The lowest BCUT2D eigenvalue weighted by molar-refractivity contribution is -0.140. The third-order valence-electron chi connectivity index (χ3n) is 3.67. The number of anilines is 1. The highest BCUT2D eigenvalue weighted by Crippen LogP contribution is 2.48. The summed E-state index contributed by atoms with van der Waals surface area (Å²) in [6, 6.07) is 6.71. The minimum atomic E-state index is -0.779. The SMILES string of the molecule is COCCCNC(=O)Nc1ccc(C2(C(=O)O)CC2)cc1. The third-order valence-corrected chi connectivity index (χ3v) is 3.67. The summed E-state index contributed by atoms with van der Waals surface area (Å²) in [4.78, 5) is 22.8. The van der Waals surface area contributed by atoms with Gasteiger partial charge in [0, 0.05) is 25.9 Å². The summed E-state index contributed by atoms with van der Waals surface area (Å²) in [5.74, 6) is -0.779. The van der Waals surface area contributed by atoms with Gasteiger partial charge in [-0.15, -0.1) is 0 Å². The number of hydrogen-bond donors (Lipinski definition) is 3. The lowest BCUT2D eigenvalue weighted by Crippen LogP contribution is -2.30. The molecule has 6 heteroatoms. The molecule has 1 aromatic rings. The molecule has 1 aliphatic carbocycles. The topological polar surface area (TPSA) is 87.7 Å². The summed E-state index contributed by atoms with van der Waals surface area (Å²) >= 11 is 0. The predicted octanol–water partition coefficient (Wildman–Crippen LogP) is 1.96. The average Bonchev–Trinajstić information content (AvgIpc) is 3.26. The number of carboxylic acid groups (broad SMARTS) is 1. The quantitative estimate of drug-likeness (QED) is 0.670. The fourth-order valence-corrected chi connectivity index (χ4v) is 2.22. The number of carbonyl (C=O) groups is 2. The summed E-state index contributed by atoms with van der Waals surface area (Å²) < 4.78 is 4.89. The molecule has 0 atom stereocenters. The lowest BCUT2D eigenvalue weighted by atomic mass is 9.96. The van der Waals surface area contributed by atoms with Crippen molar-refractivity contribution < 1.29 is 19.4 Å². The number of hydrogen-bond acceptors (Lipinski definition) is 3. The van der Waals surface area contributed by atoms with Crippen molar-refractivity contribution in [2.45, 2.75) is 24.7 Å². The van der Waals surface area contributed by atoms with Crippen molar-refractivity contribution in [2.24, 2.45) is 0 Å². The van der Waals surface area contributed by atoms with Gasteiger partial charge in [0.05, 0.1) is 5.41 Å². The number of urea groups is 1. The van der Waals surface area contributed by atoms with Crippen molar-refractivity contribution in [1.29, 1.82) is 0 Å². The Balaban J connectivity index is 1.85. The van der Waals surface area contributed by atoms with Crippen LogP contribution in [0.4, 0.5) is 10.5 Å². The van der Waals surface area contributed by atoms with Gasteiger partial charge in [0.15, 0.2) is 0 Å². The maximum atomic E-state index is 11.6. The number of ether oxygens (including phenoxy) is 1. The number of amides is 2. The van der Waals surface area contributed by atoms with E-state index in [1.165, 1.54) is 0 Å². The Kier molecular flexibility index (Phi) is 4.80. The Morgan fingerprint density at radius 1 is 1.29 bits per heavy atom. The monoisotopic (exact) mass is 292 g/mol. The highest BCUT2D eigenvalue weighted by Gasteiger charge is 2.51. The maximum absolute atomic E-state index is 11.6. The van der Waals surface area contributed by atoms with Crippen LogP contribution in [0.2, 0.25) is 0 Å². The normalized spacial score (nSPS) is 15.3. The van der Waals surface area contributed by atoms with E-state index in [9.17, 15) is 14.7 Å². The van der Waals surface area contributed by atoms with Crippen LogP contribution in [0.5, 0.6) is 0 Å². The van der Waals surface area contributed by atoms with Gasteiger partial charge >= 0.3 is 12.0 Å². The van der Waals surface area contributed by atoms with Crippen molar-refractivity contribution in [3.63, 3.8) is 0 Å². The molecule has 6 nitrogen and oxygen atoms in total. The fraction of sp³-hybridized carbons (Fsp3) is 0.467. The number of rotatable bonds is 7. The zero-order valence-electron chi connectivity index (χ0n) is 12.0. The molecule has 0 bridgehead atoms. The minimum Gasteiger partial charge on any atom is -0.481 e. The Morgan fingerprint density at radius 2 is 1.95 bits per heavy atom. The molecular weight excluding hydrogens is 272 g/mol. The molecule has 21 heavy (non-hydrogen) atoms. The molecule has 0 aliphatic heterocycles. The molecule has 3 N–H and O–H groups in total. The number of benzene rings is 1. The van der Waals surface area contributed by atoms with Crippen molar-refractivity contribution in [2.75, 3.05) is 25.6 Å². The van der Waals surface area contributed by atoms with Crippen LogP contribution in [0, 0.1) is 0 Å². The first kappa shape index (κ1) is 15.3.